The standard InChI is InChI=1S/C20H24N4O3.ClH/c1-24-16(25)8-7-15(23-24)19(26)22-17-13-5-3-4-6-14(13)20(18(17)27-2)9-11-21-12-10-20;/h3-8,17-18,21H,9-12H2,1-2H3,(H,22,26);1H/t17-,18+;/m1./s1. The quantitative estimate of drug-likeness (QED) is 0.806. The fourth-order valence-corrected chi connectivity index (χ4v) is 4.64. The maximum Gasteiger partial charge on any atom is 0.272 e. The van der Waals surface area contributed by atoms with Crippen molar-refractivity contribution < 1.29 is 9.53 Å². The Hall–Kier alpha value is -2.22. The van der Waals surface area contributed by atoms with Crippen molar-refractivity contribution in [1.82, 2.24) is 20.4 Å². The molecule has 1 aromatic heterocycles. The summed E-state index contributed by atoms with van der Waals surface area (Å²) in [7, 11) is 3.25. The van der Waals surface area contributed by atoms with Gasteiger partial charge in [0.25, 0.3) is 11.5 Å². The van der Waals surface area contributed by atoms with Gasteiger partial charge < -0.3 is 15.4 Å². The van der Waals surface area contributed by atoms with E-state index in [0.29, 0.717) is 0 Å². The topological polar surface area (TPSA) is 85.2 Å². The number of carbonyl (C=O) groups excluding carboxylic acids is 1. The second-order valence-electron chi connectivity index (χ2n) is 7.28. The maximum atomic E-state index is 12.8. The van der Waals surface area contributed by atoms with E-state index in [1.54, 1.807) is 7.11 Å². The zero-order valence-corrected chi connectivity index (χ0v) is 16.8. The van der Waals surface area contributed by atoms with Crippen LogP contribution in [-0.2, 0) is 17.2 Å². The molecule has 0 unspecified atom stereocenters. The van der Waals surface area contributed by atoms with Gasteiger partial charge in [0.05, 0.1) is 12.1 Å². The van der Waals surface area contributed by atoms with E-state index in [4.69, 9.17) is 4.74 Å². The molecule has 1 amide bonds. The molecule has 7 nitrogen and oxygen atoms in total. The van der Waals surface area contributed by atoms with Crippen molar-refractivity contribution in [3.63, 3.8) is 0 Å². The van der Waals surface area contributed by atoms with Crippen molar-refractivity contribution in [3.05, 3.63) is 63.6 Å². The lowest BCUT2D eigenvalue weighted by Gasteiger charge is -2.40. The molecule has 2 N–H and O–H groups in total. The molecule has 8 heteroatoms. The molecule has 1 aliphatic carbocycles. The fraction of sp³-hybridized carbons (Fsp3) is 0.450. The number of rotatable bonds is 3. The first-order chi connectivity index (χ1) is 13.1. The second-order valence-corrected chi connectivity index (χ2v) is 7.28. The van der Waals surface area contributed by atoms with Crippen molar-refractivity contribution in [3.8, 4) is 0 Å². The van der Waals surface area contributed by atoms with Crippen LogP contribution in [0.15, 0.2) is 41.2 Å². The van der Waals surface area contributed by atoms with Gasteiger partial charge in [0, 0.05) is 25.6 Å². The Bertz CT molecular complexity index is 924. The minimum atomic E-state index is -0.307. The second kappa shape index (κ2) is 8.03. The SMILES string of the molecule is CO[C@H]1[C@H](NC(=O)c2ccc(=O)n(C)n2)c2ccccc2C12CCNCC2.Cl. The molecular formula is C20H25ClN4O3. The number of hydrogen-bond acceptors (Lipinski definition) is 5. The van der Waals surface area contributed by atoms with E-state index >= 15 is 0 Å². The van der Waals surface area contributed by atoms with Crippen molar-refractivity contribution in [2.75, 3.05) is 20.2 Å². The van der Waals surface area contributed by atoms with Gasteiger partial charge in [-0.25, -0.2) is 4.68 Å². The third-order valence-electron chi connectivity index (χ3n) is 5.91. The molecule has 150 valence electrons. The van der Waals surface area contributed by atoms with Crippen molar-refractivity contribution in [2.45, 2.75) is 30.4 Å². The first kappa shape index (κ1) is 20.5. The highest BCUT2D eigenvalue weighted by Crippen LogP contribution is 2.51. The molecule has 1 aliphatic heterocycles. The molecule has 0 bridgehead atoms. The lowest BCUT2D eigenvalue weighted by molar-refractivity contribution is 0.00390. The molecule has 4 rings (SSSR count). The number of ether oxygens (including phenoxy) is 1. The first-order valence-electron chi connectivity index (χ1n) is 9.25. The molecule has 2 aromatic rings. The summed E-state index contributed by atoms with van der Waals surface area (Å²) in [5.41, 5.74) is 2.23. The average molecular weight is 405 g/mol. The van der Waals surface area contributed by atoms with Gasteiger partial charge >= 0.3 is 0 Å². The number of nitrogens with zero attached hydrogens (tertiary/aromatic N) is 2. The first-order valence-corrected chi connectivity index (χ1v) is 9.25. The van der Waals surface area contributed by atoms with Crippen LogP contribution in [0.3, 0.4) is 0 Å². The molecule has 1 spiro atoms. The molecule has 2 aliphatic rings. The molecule has 2 atom stereocenters. The maximum absolute atomic E-state index is 12.8. The van der Waals surface area contributed by atoms with Crippen LogP contribution < -0.4 is 16.2 Å². The number of methoxy groups -OCH3 is 1. The van der Waals surface area contributed by atoms with E-state index in [0.717, 1.165) is 31.5 Å². The molecule has 1 aromatic carbocycles. The number of nitrogens with one attached hydrogen (secondary N) is 2. The van der Waals surface area contributed by atoms with E-state index in [1.807, 2.05) is 12.1 Å². The Morgan fingerprint density at radius 1 is 1.25 bits per heavy atom. The van der Waals surface area contributed by atoms with Crippen molar-refractivity contribution in [2.24, 2.45) is 7.05 Å². The molecule has 0 radical (unpaired) electrons. The van der Waals surface area contributed by atoms with Gasteiger partial charge in [-0.2, -0.15) is 5.10 Å². The van der Waals surface area contributed by atoms with Gasteiger partial charge in [-0.15, -0.1) is 12.4 Å². The number of carbonyl (C=O) groups is 1. The smallest absolute Gasteiger partial charge is 0.272 e. The summed E-state index contributed by atoms with van der Waals surface area (Å²) in [5.74, 6) is -0.307. The van der Waals surface area contributed by atoms with E-state index in [9.17, 15) is 9.59 Å². The summed E-state index contributed by atoms with van der Waals surface area (Å²) < 4.78 is 7.13. The predicted molar refractivity (Wildman–Crippen MR) is 108 cm³/mol. The molecule has 0 saturated carbocycles. The van der Waals surface area contributed by atoms with E-state index in [1.165, 1.54) is 29.4 Å². The summed E-state index contributed by atoms with van der Waals surface area (Å²) in [6.45, 7) is 1.86. The van der Waals surface area contributed by atoms with Crippen LogP contribution in [0.2, 0.25) is 0 Å². The largest absolute Gasteiger partial charge is 0.378 e. The third-order valence-corrected chi connectivity index (χ3v) is 5.91. The van der Waals surface area contributed by atoms with Gasteiger partial charge in [0.1, 0.15) is 5.69 Å². The minimum Gasteiger partial charge on any atom is -0.378 e. The summed E-state index contributed by atoms with van der Waals surface area (Å²) in [6, 6.07) is 10.8. The minimum absolute atomic E-state index is 0. The van der Waals surface area contributed by atoms with Crippen LogP contribution in [0.25, 0.3) is 0 Å². The molecule has 1 fully saturated rings. The van der Waals surface area contributed by atoms with E-state index in [2.05, 4.69) is 27.9 Å². The Kier molecular flexibility index (Phi) is 5.88. The van der Waals surface area contributed by atoms with Gasteiger partial charge in [0.15, 0.2) is 0 Å². The van der Waals surface area contributed by atoms with Crippen LogP contribution in [0, 0.1) is 0 Å². The van der Waals surface area contributed by atoms with E-state index < -0.39 is 0 Å². The molecule has 1 saturated heterocycles. The van der Waals surface area contributed by atoms with Gasteiger partial charge in [-0.1, -0.05) is 24.3 Å². The van der Waals surface area contributed by atoms with Crippen LogP contribution >= 0.6 is 12.4 Å². The average Bonchev–Trinajstić information content (AvgIpc) is 2.93. The zero-order chi connectivity index (χ0) is 19.0. The highest BCUT2D eigenvalue weighted by atomic mass is 35.5. The van der Waals surface area contributed by atoms with Crippen LogP contribution in [-0.4, -0.2) is 42.0 Å². The number of piperidine rings is 1. The number of fused-ring (bicyclic) bond motifs is 2. The summed E-state index contributed by atoms with van der Waals surface area (Å²) in [6.07, 6.45) is 1.79. The van der Waals surface area contributed by atoms with Crippen LogP contribution in [0.5, 0.6) is 0 Å². The summed E-state index contributed by atoms with van der Waals surface area (Å²) in [5, 5.41) is 10.6. The number of aromatic nitrogens is 2. The van der Waals surface area contributed by atoms with Gasteiger partial charge in [-0.3, -0.25) is 9.59 Å². The Labute approximate surface area is 169 Å². The van der Waals surface area contributed by atoms with Crippen LogP contribution in [0.4, 0.5) is 0 Å². The zero-order valence-electron chi connectivity index (χ0n) is 16.0. The lowest BCUT2D eigenvalue weighted by Crippen LogP contribution is -2.49. The molecular weight excluding hydrogens is 380 g/mol. The Morgan fingerprint density at radius 2 is 1.96 bits per heavy atom. The summed E-state index contributed by atoms with van der Waals surface area (Å²) >= 11 is 0. The Balaban J connectivity index is 0.00000225. The number of halogens is 1. The van der Waals surface area contributed by atoms with Gasteiger partial charge in [0.2, 0.25) is 0 Å². The highest BCUT2D eigenvalue weighted by molar-refractivity contribution is 5.92. The predicted octanol–water partition coefficient (Wildman–Crippen LogP) is 1.32. The molecule has 28 heavy (non-hydrogen) atoms. The van der Waals surface area contributed by atoms with Crippen molar-refractivity contribution in [1.29, 1.82) is 0 Å². The van der Waals surface area contributed by atoms with Crippen LogP contribution in [0.1, 0.15) is 40.5 Å². The highest BCUT2D eigenvalue weighted by Gasteiger charge is 2.53. The lowest BCUT2D eigenvalue weighted by atomic mass is 9.72. The monoisotopic (exact) mass is 404 g/mol. The van der Waals surface area contributed by atoms with E-state index in [-0.39, 0.29) is 47.1 Å². The molecule has 2 heterocycles. The Morgan fingerprint density at radius 3 is 2.64 bits per heavy atom. The number of amides is 1. The normalized spacial score (nSPS) is 22.4. The number of benzene rings is 1. The fourth-order valence-electron chi connectivity index (χ4n) is 4.64. The van der Waals surface area contributed by atoms with Gasteiger partial charge in [-0.05, 0) is 43.1 Å². The third kappa shape index (κ3) is 3.23. The van der Waals surface area contributed by atoms with Crippen molar-refractivity contribution >= 4 is 18.3 Å². The number of hydrogen-bond donors (Lipinski definition) is 2. The number of aryl methyl sites for hydroxylation is 1. The summed E-state index contributed by atoms with van der Waals surface area (Å²) in [4.78, 5) is 24.4.